The van der Waals surface area contributed by atoms with E-state index < -0.39 is 0 Å². The minimum absolute atomic E-state index is 0.0905. The lowest BCUT2D eigenvalue weighted by molar-refractivity contribution is 0.160. The summed E-state index contributed by atoms with van der Waals surface area (Å²) in [6.45, 7) is 1.83. The first-order chi connectivity index (χ1) is 7.81. The van der Waals surface area contributed by atoms with Crippen LogP contribution in [0.4, 0.5) is 0 Å². The number of rotatable bonds is 2. The summed E-state index contributed by atoms with van der Waals surface area (Å²) in [5.74, 6) is 0.356. The highest BCUT2D eigenvalue weighted by Gasteiger charge is 2.17. The fourth-order valence-corrected chi connectivity index (χ4v) is 1.87. The molecule has 2 rings (SSSR count). The fraction of sp³-hybridized carbons (Fsp3) is 0.455. The number of nitriles is 1. The van der Waals surface area contributed by atoms with Crippen LogP contribution < -0.4 is 10.1 Å². The number of piperidine rings is 1. The first kappa shape index (κ1) is 11.2. The molecule has 0 radical (unpaired) electrons. The van der Waals surface area contributed by atoms with Crippen molar-refractivity contribution in [2.75, 3.05) is 13.1 Å². The van der Waals surface area contributed by atoms with Gasteiger partial charge in [0.25, 0.3) is 0 Å². The Bertz CT molecular complexity index is 410. The van der Waals surface area contributed by atoms with Gasteiger partial charge in [0.15, 0.2) is 0 Å². The molecule has 1 aliphatic rings. The number of halogens is 1. The normalized spacial score (nSPS) is 20.1. The summed E-state index contributed by atoms with van der Waals surface area (Å²) < 4.78 is 5.67. The molecule has 1 N–H and O–H groups in total. The van der Waals surface area contributed by atoms with Gasteiger partial charge in [0.05, 0.1) is 5.56 Å². The number of hydrogen-bond acceptors (Lipinski definition) is 4. The van der Waals surface area contributed by atoms with E-state index in [1.807, 2.05) is 6.07 Å². The Morgan fingerprint density at radius 3 is 3.19 bits per heavy atom. The molecule has 2 heterocycles. The molecular weight excluding hydrogens is 226 g/mol. The van der Waals surface area contributed by atoms with Crippen molar-refractivity contribution in [2.24, 2.45) is 0 Å². The zero-order chi connectivity index (χ0) is 11.4. The Labute approximate surface area is 99.2 Å². The molecule has 84 valence electrons. The van der Waals surface area contributed by atoms with Gasteiger partial charge in [-0.05, 0) is 25.5 Å². The standard InChI is InChI=1S/C11H12ClN3O/c12-10-8(6-13)3-5-15-11(10)16-9-2-1-4-14-7-9/h3,5,9,14H,1-2,4,7H2. The monoisotopic (exact) mass is 237 g/mol. The fourth-order valence-electron chi connectivity index (χ4n) is 1.67. The molecule has 0 aliphatic carbocycles. The summed E-state index contributed by atoms with van der Waals surface area (Å²) in [7, 11) is 0. The number of pyridine rings is 1. The molecule has 4 nitrogen and oxygen atoms in total. The second kappa shape index (κ2) is 5.15. The summed E-state index contributed by atoms with van der Waals surface area (Å²) in [6.07, 6.45) is 3.70. The van der Waals surface area contributed by atoms with Gasteiger partial charge in [0.1, 0.15) is 17.2 Å². The van der Waals surface area contributed by atoms with E-state index >= 15 is 0 Å². The Morgan fingerprint density at radius 2 is 2.50 bits per heavy atom. The van der Waals surface area contributed by atoms with E-state index in [2.05, 4.69) is 10.3 Å². The lowest BCUT2D eigenvalue weighted by Crippen LogP contribution is -2.37. The highest BCUT2D eigenvalue weighted by Crippen LogP contribution is 2.26. The van der Waals surface area contributed by atoms with E-state index in [0.29, 0.717) is 16.5 Å². The van der Waals surface area contributed by atoms with Crippen molar-refractivity contribution in [3.8, 4) is 11.9 Å². The van der Waals surface area contributed by atoms with Gasteiger partial charge in [-0.25, -0.2) is 4.98 Å². The van der Waals surface area contributed by atoms with Gasteiger partial charge in [-0.3, -0.25) is 0 Å². The van der Waals surface area contributed by atoms with Crippen molar-refractivity contribution in [3.05, 3.63) is 22.8 Å². The predicted octanol–water partition coefficient (Wildman–Crippen LogP) is 1.74. The Kier molecular flexibility index (Phi) is 3.60. The SMILES string of the molecule is N#Cc1ccnc(OC2CCCNC2)c1Cl. The van der Waals surface area contributed by atoms with Gasteiger partial charge in [-0.15, -0.1) is 0 Å². The highest BCUT2D eigenvalue weighted by atomic mass is 35.5. The van der Waals surface area contributed by atoms with Crippen LogP contribution in [0.3, 0.4) is 0 Å². The third kappa shape index (κ3) is 2.43. The molecule has 0 bridgehead atoms. The van der Waals surface area contributed by atoms with Gasteiger partial charge in [0.2, 0.25) is 5.88 Å². The quantitative estimate of drug-likeness (QED) is 0.851. The number of hydrogen-bond donors (Lipinski definition) is 1. The van der Waals surface area contributed by atoms with Crippen LogP contribution in [0.5, 0.6) is 5.88 Å². The van der Waals surface area contributed by atoms with E-state index in [4.69, 9.17) is 21.6 Å². The van der Waals surface area contributed by atoms with Gasteiger partial charge in [0, 0.05) is 12.7 Å². The lowest BCUT2D eigenvalue weighted by atomic mass is 10.1. The minimum Gasteiger partial charge on any atom is -0.472 e. The van der Waals surface area contributed by atoms with E-state index in [1.54, 1.807) is 6.07 Å². The third-order valence-corrected chi connectivity index (χ3v) is 2.87. The van der Waals surface area contributed by atoms with Gasteiger partial charge in [-0.2, -0.15) is 5.26 Å². The Balaban J connectivity index is 2.12. The third-order valence-electron chi connectivity index (χ3n) is 2.51. The van der Waals surface area contributed by atoms with E-state index in [-0.39, 0.29) is 6.10 Å². The average Bonchev–Trinajstić information content (AvgIpc) is 2.33. The van der Waals surface area contributed by atoms with Crippen LogP contribution in [0.15, 0.2) is 12.3 Å². The predicted molar refractivity (Wildman–Crippen MR) is 60.5 cm³/mol. The van der Waals surface area contributed by atoms with Crippen molar-refractivity contribution >= 4 is 11.6 Å². The second-order valence-electron chi connectivity index (χ2n) is 3.68. The van der Waals surface area contributed by atoms with E-state index in [0.717, 1.165) is 25.9 Å². The highest BCUT2D eigenvalue weighted by molar-refractivity contribution is 6.32. The van der Waals surface area contributed by atoms with Crippen molar-refractivity contribution in [2.45, 2.75) is 18.9 Å². The second-order valence-corrected chi connectivity index (χ2v) is 4.05. The average molecular weight is 238 g/mol. The summed E-state index contributed by atoms with van der Waals surface area (Å²) in [6, 6.07) is 3.58. The van der Waals surface area contributed by atoms with Gasteiger partial charge < -0.3 is 10.1 Å². The molecular formula is C11H12ClN3O. The molecule has 1 unspecified atom stereocenters. The molecule has 1 aromatic rings. The molecule has 1 saturated heterocycles. The molecule has 0 amide bonds. The van der Waals surface area contributed by atoms with Crippen LogP contribution in [-0.4, -0.2) is 24.2 Å². The van der Waals surface area contributed by atoms with Crippen molar-refractivity contribution in [1.82, 2.24) is 10.3 Å². The van der Waals surface area contributed by atoms with Crippen molar-refractivity contribution in [3.63, 3.8) is 0 Å². The summed E-state index contributed by atoms with van der Waals surface area (Å²) in [5.41, 5.74) is 0.399. The summed E-state index contributed by atoms with van der Waals surface area (Å²) in [5, 5.41) is 12.4. The largest absolute Gasteiger partial charge is 0.472 e. The van der Waals surface area contributed by atoms with Gasteiger partial charge >= 0.3 is 0 Å². The molecule has 0 saturated carbocycles. The van der Waals surface area contributed by atoms with Crippen LogP contribution in [-0.2, 0) is 0 Å². The number of ether oxygens (including phenoxy) is 1. The molecule has 1 aromatic heterocycles. The topological polar surface area (TPSA) is 57.9 Å². The first-order valence-electron chi connectivity index (χ1n) is 5.23. The molecule has 0 aromatic carbocycles. The number of nitrogens with zero attached hydrogens (tertiary/aromatic N) is 2. The lowest BCUT2D eigenvalue weighted by Gasteiger charge is -2.23. The van der Waals surface area contributed by atoms with Crippen LogP contribution in [0.1, 0.15) is 18.4 Å². The van der Waals surface area contributed by atoms with Crippen molar-refractivity contribution in [1.29, 1.82) is 5.26 Å². The Hall–Kier alpha value is -1.31. The van der Waals surface area contributed by atoms with Crippen LogP contribution in [0.25, 0.3) is 0 Å². The molecule has 16 heavy (non-hydrogen) atoms. The summed E-state index contributed by atoms with van der Waals surface area (Å²) >= 11 is 6.00. The Morgan fingerprint density at radius 1 is 1.62 bits per heavy atom. The maximum absolute atomic E-state index is 8.82. The molecule has 0 spiro atoms. The van der Waals surface area contributed by atoms with Crippen LogP contribution in [0, 0.1) is 11.3 Å². The molecule has 1 atom stereocenters. The maximum atomic E-state index is 8.82. The zero-order valence-corrected chi connectivity index (χ0v) is 9.50. The molecule has 1 fully saturated rings. The molecule has 5 heteroatoms. The van der Waals surface area contributed by atoms with Crippen LogP contribution in [0.2, 0.25) is 5.02 Å². The zero-order valence-electron chi connectivity index (χ0n) is 8.74. The van der Waals surface area contributed by atoms with E-state index in [1.165, 1.54) is 6.20 Å². The number of nitrogens with one attached hydrogen (secondary N) is 1. The minimum atomic E-state index is 0.0905. The number of aromatic nitrogens is 1. The molecule has 1 aliphatic heterocycles. The van der Waals surface area contributed by atoms with Crippen molar-refractivity contribution < 1.29 is 4.74 Å². The summed E-state index contributed by atoms with van der Waals surface area (Å²) in [4.78, 5) is 4.05. The van der Waals surface area contributed by atoms with Gasteiger partial charge in [-0.1, -0.05) is 11.6 Å². The first-order valence-corrected chi connectivity index (χ1v) is 5.61. The maximum Gasteiger partial charge on any atom is 0.234 e. The smallest absolute Gasteiger partial charge is 0.234 e. The van der Waals surface area contributed by atoms with Crippen LogP contribution >= 0.6 is 11.6 Å². The van der Waals surface area contributed by atoms with E-state index in [9.17, 15) is 0 Å².